The minimum Gasteiger partial charge on any atom is -0.497 e. The summed E-state index contributed by atoms with van der Waals surface area (Å²) in [5.41, 5.74) is 3.36. The topological polar surface area (TPSA) is 44.1 Å². The van der Waals surface area contributed by atoms with Crippen LogP contribution >= 0.6 is 0 Å². The Hall–Kier alpha value is -2.88. The summed E-state index contributed by atoms with van der Waals surface area (Å²) >= 11 is 0. The molecule has 3 aromatic rings. The molecule has 1 radical (unpaired) electrons. The molecule has 0 saturated heterocycles. The summed E-state index contributed by atoms with van der Waals surface area (Å²) in [6.45, 7) is 0.580. The number of carbonyl (C=O) groups is 1. The highest BCUT2D eigenvalue weighted by atomic mass is 16.5. The maximum Gasteiger partial charge on any atom is 0.185 e. The maximum absolute atomic E-state index is 10.9. The lowest BCUT2D eigenvalue weighted by Gasteiger charge is -2.07. The Morgan fingerprint density at radius 1 is 1.09 bits per heavy atom. The van der Waals surface area contributed by atoms with Gasteiger partial charge in [-0.2, -0.15) is 0 Å². The van der Waals surface area contributed by atoms with Gasteiger partial charge in [0.05, 0.1) is 19.5 Å². The molecule has 0 unspecified atom stereocenters. The van der Waals surface area contributed by atoms with E-state index in [0.717, 1.165) is 28.7 Å². The Morgan fingerprint density at radius 2 is 1.73 bits per heavy atom. The van der Waals surface area contributed by atoms with Crippen molar-refractivity contribution in [2.75, 3.05) is 7.11 Å². The van der Waals surface area contributed by atoms with E-state index in [1.807, 2.05) is 36.4 Å². The SMILES string of the molecule is COc1ccc(-c2ccc(Cn3[c]cnc3C=O)cc2)cc1. The molecule has 0 fully saturated rings. The van der Waals surface area contributed by atoms with Gasteiger partial charge in [0.2, 0.25) is 0 Å². The summed E-state index contributed by atoms with van der Waals surface area (Å²) < 4.78 is 6.87. The molecule has 0 aliphatic heterocycles. The van der Waals surface area contributed by atoms with Crippen LogP contribution in [0.5, 0.6) is 5.75 Å². The predicted octanol–water partition coefficient (Wildman–Crippen LogP) is 3.22. The molecule has 22 heavy (non-hydrogen) atoms. The van der Waals surface area contributed by atoms with E-state index in [-0.39, 0.29) is 0 Å². The number of carbonyl (C=O) groups excluding carboxylic acids is 1. The Morgan fingerprint density at radius 3 is 2.32 bits per heavy atom. The zero-order valence-corrected chi connectivity index (χ0v) is 12.2. The molecule has 0 N–H and O–H groups in total. The number of benzene rings is 2. The smallest absolute Gasteiger partial charge is 0.185 e. The molecule has 109 valence electrons. The fourth-order valence-electron chi connectivity index (χ4n) is 2.29. The fourth-order valence-corrected chi connectivity index (χ4v) is 2.29. The van der Waals surface area contributed by atoms with Gasteiger partial charge in [0, 0.05) is 6.54 Å². The largest absolute Gasteiger partial charge is 0.497 e. The summed E-state index contributed by atoms with van der Waals surface area (Å²) in [6, 6.07) is 16.2. The molecular weight excluding hydrogens is 276 g/mol. The molecule has 0 spiro atoms. The Kier molecular flexibility index (Phi) is 4.01. The molecule has 2 aromatic carbocycles. The molecule has 0 aliphatic rings. The lowest BCUT2D eigenvalue weighted by Crippen LogP contribution is -2.03. The van der Waals surface area contributed by atoms with Crippen LogP contribution in [0, 0.1) is 6.20 Å². The average molecular weight is 291 g/mol. The second-order valence-corrected chi connectivity index (χ2v) is 4.87. The molecule has 1 aromatic heterocycles. The lowest BCUT2D eigenvalue weighted by molar-refractivity contribution is 0.111. The molecule has 0 aliphatic carbocycles. The van der Waals surface area contributed by atoms with Crippen molar-refractivity contribution in [3.05, 3.63) is 72.3 Å². The van der Waals surface area contributed by atoms with Gasteiger partial charge in [-0.05, 0) is 28.8 Å². The van der Waals surface area contributed by atoms with Crippen LogP contribution in [0.15, 0.2) is 54.7 Å². The van der Waals surface area contributed by atoms with Gasteiger partial charge in [0.15, 0.2) is 12.1 Å². The van der Waals surface area contributed by atoms with Gasteiger partial charge in [0.1, 0.15) is 5.75 Å². The number of methoxy groups -OCH3 is 1. The van der Waals surface area contributed by atoms with Gasteiger partial charge < -0.3 is 9.30 Å². The summed E-state index contributed by atoms with van der Waals surface area (Å²) in [4.78, 5) is 14.8. The van der Waals surface area contributed by atoms with E-state index < -0.39 is 0 Å². The second kappa shape index (κ2) is 6.26. The zero-order chi connectivity index (χ0) is 15.4. The summed E-state index contributed by atoms with van der Waals surface area (Å²) in [7, 11) is 1.66. The highest BCUT2D eigenvalue weighted by Gasteiger charge is 2.03. The fraction of sp³-hybridized carbons (Fsp3) is 0.111. The number of rotatable bonds is 5. The number of hydrogen-bond donors (Lipinski definition) is 0. The molecule has 0 saturated carbocycles. The Balaban J connectivity index is 1.78. The van der Waals surface area contributed by atoms with E-state index in [2.05, 4.69) is 23.3 Å². The Labute approximate surface area is 129 Å². The number of ether oxygens (including phenoxy) is 1. The van der Waals surface area contributed by atoms with Crippen LogP contribution in [0.4, 0.5) is 0 Å². The normalized spacial score (nSPS) is 10.4. The summed E-state index contributed by atoms with van der Waals surface area (Å²) in [5.74, 6) is 1.23. The second-order valence-electron chi connectivity index (χ2n) is 4.87. The molecule has 0 atom stereocenters. The van der Waals surface area contributed by atoms with Crippen LogP contribution in [-0.4, -0.2) is 22.9 Å². The van der Waals surface area contributed by atoms with E-state index in [4.69, 9.17) is 4.74 Å². The van der Waals surface area contributed by atoms with Crippen molar-refractivity contribution in [2.45, 2.75) is 6.54 Å². The zero-order valence-electron chi connectivity index (χ0n) is 12.2. The average Bonchev–Trinajstić information content (AvgIpc) is 3.03. The molecule has 4 nitrogen and oxygen atoms in total. The molecule has 0 amide bonds. The number of aldehydes is 1. The van der Waals surface area contributed by atoms with E-state index in [1.165, 1.54) is 6.20 Å². The third-order valence-electron chi connectivity index (χ3n) is 3.51. The number of hydrogen-bond acceptors (Lipinski definition) is 3. The van der Waals surface area contributed by atoms with Gasteiger partial charge >= 0.3 is 0 Å². The molecular formula is C18H15N2O2. The highest BCUT2D eigenvalue weighted by Crippen LogP contribution is 2.22. The van der Waals surface area contributed by atoms with E-state index in [1.54, 1.807) is 11.7 Å². The van der Waals surface area contributed by atoms with E-state index in [0.29, 0.717) is 12.4 Å². The van der Waals surface area contributed by atoms with E-state index in [9.17, 15) is 4.79 Å². The van der Waals surface area contributed by atoms with Crippen molar-refractivity contribution >= 4 is 6.29 Å². The van der Waals surface area contributed by atoms with E-state index >= 15 is 0 Å². The van der Waals surface area contributed by atoms with Crippen molar-refractivity contribution in [1.29, 1.82) is 0 Å². The minimum absolute atomic E-state index is 0.388. The third kappa shape index (κ3) is 2.91. The van der Waals surface area contributed by atoms with Gasteiger partial charge in [-0.15, -0.1) is 0 Å². The van der Waals surface area contributed by atoms with Crippen molar-refractivity contribution in [3.8, 4) is 16.9 Å². The monoisotopic (exact) mass is 291 g/mol. The van der Waals surface area contributed by atoms with Crippen LogP contribution < -0.4 is 4.74 Å². The van der Waals surface area contributed by atoms with Gasteiger partial charge in [-0.25, -0.2) is 4.98 Å². The summed E-state index contributed by atoms with van der Waals surface area (Å²) in [6.07, 6.45) is 5.17. The number of aromatic nitrogens is 2. The standard InChI is InChI=1S/C18H15N2O2/c1-22-17-8-6-16(7-9-17)15-4-2-14(3-5-15)12-20-11-10-19-18(20)13-21/h2-10,13H,12H2,1H3. The van der Waals surface area contributed by atoms with Crippen LogP contribution in [0.25, 0.3) is 11.1 Å². The van der Waals surface area contributed by atoms with Crippen molar-refractivity contribution in [2.24, 2.45) is 0 Å². The van der Waals surface area contributed by atoms with Crippen LogP contribution in [0.3, 0.4) is 0 Å². The third-order valence-corrected chi connectivity index (χ3v) is 3.51. The highest BCUT2D eigenvalue weighted by molar-refractivity contribution is 5.69. The number of nitrogens with zero attached hydrogens (tertiary/aromatic N) is 2. The van der Waals surface area contributed by atoms with Crippen molar-refractivity contribution < 1.29 is 9.53 Å². The first-order valence-electron chi connectivity index (χ1n) is 6.92. The maximum atomic E-state index is 10.9. The molecule has 1 heterocycles. The van der Waals surface area contributed by atoms with Gasteiger partial charge in [0.25, 0.3) is 0 Å². The van der Waals surface area contributed by atoms with Gasteiger partial charge in [-0.1, -0.05) is 36.4 Å². The first-order chi connectivity index (χ1) is 10.8. The number of imidazole rings is 1. The quantitative estimate of drug-likeness (QED) is 0.678. The van der Waals surface area contributed by atoms with Crippen LogP contribution in [0.2, 0.25) is 0 Å². The van der Waals surface area contributed by atoms with Crippen LogP contribution in [-0.2, 0) is 6.54 Å². The minimum atomic E-state index is 0.388. The first kappa shape index (κ1) is 14.1. The predicted molar refractivity (Wildman–Crippen MR) is 84.0 cm³/mol. The Bertz CT molecular complexity index is 759. The molecule has 3 rings (SSSR count). The van der Waals surface area contributed by atoms with Crippen molar-refractivity contribution in [1.82, 2.24) is 9.55 Å². The summed E-state index contributed by atoms with van der Waals surface area (Å²) in [5, 5.41) is 0. The molecule has 4 heteroatoms. The van der Waals surface area contributed by atoms with Crippen LogP contribution in [0.1, 0.15) is 16.2 Å². The van der Waals surface area contributed by atoms with Gasteiger partial charge in [-0.3, -0.25) is 4.79 Å². The van der Waals surface area contributed by atoms with Crippen molar-refractivity contribution in [3.63, 3.8) is 0 Å². The molecule has 0 bridgehead atoms. The lowest BCUT2D eigenvalue weighted by atomic mass is 10.0. The first-order valence-corrected chi connectivity index (χ1v) is 6.92.